The van der Waals surface area contributed by atoms with Crippen molar-refractivity contribution in [2.45, 2.75) is 59.5 Å². The molecule has 0 atom stereocenters. The molecule has 4 nitrogen and oxygen atoms in total. The van der Waals surface area contributed by atoms with Gasteiger partial charge in [-0.1, -0.05) is 25.4 Å². The van der Waals surface area contributed by atoms with Crippen molar-refractivity contribution >= 4 is 17.4 Å². The molecular weight excluding hydrogens is 272 g/mol. The number of rotatable bonds is 7. The Hall–Kier alpha value is -0.870. The van der Waals surface area contributed by atoms with Crippen LogP contribution in [0, 0.1) is 0 Å². The van der Waals surface area contributed by atoms with Crippen molar-refractivity contribution in [1.82, 2.24) is 14.9 Å². The van der Waals surface area contributed by atoms with E-state index in [1.54, 1.807) is 0 Å². The smallest absolute Gasteiger partial charge is 0.138 e. The summed E-state index contributed by atoms with van der Waals surface area (Å²) in [6.07, 6.45) is 1.51. The maximum Gasteiger partial charge on any atom is 0.138 e. The number of hydrogen-bond acceptors (Lipinski definition) is 4. The molecule has 1 rings (SSSR count). The van der Waals surface area contributed by atoms with E-state index in [0.29, 0.717) is 23.2 Å². The van der Waals surface area contributed by atoms with E-state index in [9.17, 15) is 0 Å². The summed E-state index contributed by atoms with van der Waals surface area (Å²) in [5.41, 5.74) is 0.995. The van der Waals surface area contributed by atoms with E-state index in [-0.39, 0.29) is 0 Å². The third-order valence-corrected chi connectivity index (χ3v) is 3.70. The van der Waals surface area contributed by atoms with Crippen LogP contribution in [0.3, 0.4) is 0 Å². The summed E-state index contributed by atoms with van der Waals surface area (Å²) in [5, 5.41) is 3.94. The van der Waals surface area contributed by atoms with E-state index in [2.05, 4.69) is 61.7 Å². The van der Waals surface area contributed by atoms with Gasteiger partial charge in [0.25, 0.3) is 0 Å². The van der Waals surface area contributed by atoms with Crippen LogP contribution in [0.2, 0.25) is 5.15 Å². The normalized spacial score (nSPS) is 11.9. The Balaban J connectivity index is 2.69. The van der Waals surface area contributed by atoms with Gasteiger partial charge in [-0.05, 0) is 33.6 Å². The number of aromatic nitrogens is 2. The zero-order valence-corrected chi connectivity index (χ0v) is 14.2. The van der Waals surface area contributed by atoms with Crippen molar-refractivity contribution in [3.63, 3.8) is 0 Å². The average Bonchev–Trinajstić information content (AvgIpc) is 2.33. The van der Waals surface area contributed by atoms with Crippen molar-refractivity contribution in [3.05, 3.63) is 17.0 Å². The fourth-order valence-corrected chi connectivity index (χ4v) is 2.79. The van der Waals surface area contributed by atoms with Crippen molar-refractivity contribution in [1.29, 1.82) is 0 Å². The van der Waals surface area contributed by atoms with Crippen LogP contribution in [0.5, 0.6) is 0 Å². The molecule has 0 aliphatic carbocycles. The van der Waals surface area contributed by atoms with E-state index in [0.717, 1.165) is 24.5 Å². The van der Waals surface area contributed by atoms with Gasteiger partial charge in [0.15, 0.2) is 0 Å². The summed E-state index contributed by atoms with van der Waals surface area (Å²) < 4.78 is 0. The van der Waals surface area contributed by atoms with E-state index in [1.807, 2.05) is 0 Å². The van der Waals surface area contributed by atoms with Crippen LogP contribution in [0.15, 0.2) is 6.33 Å². The fraction of sp³-hybridized carbons (Fsp3) is 0.733. The first-order valence-electron chi connectivity index (χ1n) is 7.34. The third-order valence-electron chi connectivity index (χ3n) is 3.40. The average molecular weight is 299 g/mol. The SMILES string of the molecule is CC(C)c1c(Cl)ncnc1NCCN(C(C)C)C(C)C. The van der Waals surface area contributed by atoms with Crippen molar-refractivity contribution in [2.75, 3.05) is 18.4 Å². The summed E-state index contributed by atoms with van der Waals surface area (Å²) >= 11 is 6.17. The minimum Gasteiger partial charge on any atom is -0.368 e. The van der Waals surface area contributed by atoms with Crippen molar-refractivity contribution < 1.29 is 0 Å². The Kier molecular flexibility index (Phi) is 6.69. The van der Waals surface area contributed by atoms with Crippen LogP contribution in [0.4, 0.5) is 5.82 Å². The minimum absolute atomic E-state index is 0.303. The highest BCUT2D eigenvalue weighted by atomic mass is 35.5. The molecule has 0 unspecified atom stereocenters. The number of halogens is 1. The van der Waals surface area contributed by atoms with Gasteiger partial charge in [0, 0.05) is 30.7 Å². The van der Waals surface area contributed by atoms with Crippen molar-refractivity contribution in [3.8, 4) is 0 Å². The summed E-state index contributed by atoms with van der Waals surface area (Å²) in [6.45, 7) is 14.9. The summed E-state index contributed by atoms with van der Waals surface area (Å²) in [6, 6.07) is 1.07. The third kappa shape index (κ3) is 4.60. The standard InChI is InChI=1S/C15H27ClN4/c1-10(2)13-14(16)18-9-19-15(13)17-7-8-20(11(3)4)12(5)6/h9-12H,7-8H2,1-6H3,(H,17,18,19). The van der Waals surface area contributed by atoms with Crippen LogP contribution >= 0.6 is 11.6 Å². The molecule has 0 saturated heterocycles. The summed E-state index contributed by atoms with van der Waals surface area (Å²) in [4.78, 5) is 10.8. The Morgan fingerprint density at radius 3 is 2.20 bits per heavy atom. The van der Waals surface area contributed by atoms with Gasteiger partial charge >= 0.3 is 0 Å². The highest BCUT2D eigenvalue weighted by Crippen LogP contribution is 2.27. The van der Waals surface area contributed by atoms with Gasteiger partial charge in [-0.3, -0.25) is 4.90 Å². The summed E-state index contributed by atoms with van der Waals surface area (Å²) in [5.74, 6) is 1.16. The predicted octanol–water partition coefficient (Wildman–Crippen LogP) is 3.78. The van der Waals surface area contributed by atoms with Crippen LogP contribution in [-0.4, -0.2) is 40.0 Å². The molecule has 0 saturated carbocycles. The minimum atomic E-state index is 0.303. The lowest BCUT2D eigenvalue weighted by atomic mass is 10.1. The van der Waals surface area contributed by atoms with E-state index >= 15 is 0 Å². The molecule has 20 heavy (non-hydrogen) atoms. The Labute approximate surface area is 127 Å². The molecule has 0 aromatic carbocycles. The maximum atomic E-state index is 6.17. The first-order valence-corrected chi connectivity index (χ1v) is 7.72. The van der Waals surface area contributed by atoms with Gasteiger partial charge in [0.1, 0.15) is 17.3 Å². The molecule has 1 N–H and O–H groups in total. The summed E-state index contributed by atoms with van der Waals surface area (Å²) in [7, 11) is 0. The number of nitrogens with one attached hydrogen (secondary N) is 1. The highest BCUT2D eigenvalue weighted by Gasteiger charge is 2.15. The van der Waals surface area contributed by atoms with Crippen LogP contribution in [0.25, 0.3) is 0 Å². The molecule has 0 amide bonds. The van der Waals surface area contributed by atoms with Crippen LogP contribution in [-0.2, 0) is 0 Å². The lowest BCUT2D eigenvalue weighted by Gasteiger charge is -2.30. The fourth-order valence-electron chi connectivity index (χ4n) is 2.44. The van der Waals surface area contributed by atoms with Crippen LogP contribution in [0.1, 0.15) is 53.0 Å². The molecule has 0 bridgehead atoms. The van der Waals surface area contributed by atoms with Gasteiger partial charge in [-0.25, -0.2) is 9.97 Å². The molecule has 0 fully saturated rings. The molecule has 0 aliphatic heterocycles. The molecule has 114 valence electrons. The molecule has 0 spiro atoms. The molecular formula is C15H27ClN4. The van der Waals surface area contributed by atoms with Crippen molar-refractivity contribution in [2.24, 2.45) is 0 Å². The van der Waals surface area contributed by atoms with Gasteiger partial charge in [-0.2, -0.15) is 0 Å². The largest absolute Gasteiger partial charge is 0.368 e. The zero-order valence-electron chi connectivity index (χ0n) is 13.4. The second kappa shape index (κ2) is 7.79. The molecule has 1 heterocycles. The number of hydrogen-bond donors (Lipinski definition) is 1. The molecule has 0 radical (unpaired) electrons. The zero-order chi connectivity index (χ0) is 15.3. The quantitative estimate of drug-likeness (QED) is 0.778. The first kappa shape index (κ1) is 17.2. The Morgan fingerprint density at radius 2 is 1.70 bits per heavy atom. The highest BCUT2D eigenvalue weighted by molar-refractivity contribution is 6.30. The molecule has 5 heteroatoms. The molecule has 0 aliphatic rings. The first-order chi connectivity index (χ1) is 9.34. The number of anilines is 1. The Morgan fingerprint density at radius 1 is 1.10 bits per heavy atom. The second-order valence-electron chi connectivity index (χ2n) is 5.93. The van der Waals surface area contributed by atoms with Gasteiger partial charge < -0.3 is 5.32 Å². The molecule has 1 aromatic heterocycles. The number of nitrogens with zero attached hydrogens (tertiary/aromatic N) is 3. The maximum absolute atomic E-state index is 6.17. The van der Waals surface area contributed by atoms with Crippen LogP contribution < -0.4 is 5.32 Å². The lowest BCUT2D eigenvalue weighted by Crippen LogP contribution is -2.40. The lowest BCUT2D eigenvalue weighted by molar-refractivity contribution is 0.182. The molecule has 1 aromatic rings. The second-order valence-corrected chi connectivity index (χ2v) is 6.29. The predicted molar refractivity (Wildman–Crippen MR) is 86.6 cm³/mol. The van der Waals surface area contributed by atoms with Gasteiger partial charge in [0.2, 0.25) is 0 Å². The van der Waals surface area contributed by atoms with E-state index < -0.39 is 0 Å². The Bertz CT molecular complexity index is 410. The van der Waals surface area contributed by atoms with Gasteiger partial charge in [-0.15, -0.1) is 0 Å². The van der Waals surface area contributed by atoms with E-state index in [1.165, 1.54) is 6.33 Å². The monoisotopic (exact) mass is 298 g/mol. The van der Waals surface area contributed by atoms with E-state index in [4.69, 9.17) is 11.6 Å². The topological polar surface area (TPSA) is 41.1 Å². The van der Waals surface area contributed by atoms with Gasteiger partial charge in [0.05, 0.1) is 0 Å².